The van der Waals surface area contributed by atoms with Crippen LogP contribution in [0.25, 0.3) is 0 Å². The molecule has 0 unspecified atom stereocenters. The average molecular weight is 409 g/mol. The van der Waals surface area contributed by atoms with E-state index in [9.17, 15) is 18.0 Å². The van der Waals surface area contributed by atoms with Gasteiger partial charge in [-0.1, -0.05) is 0 Å². The third-order valence-corrected chi connectivity index (χ3v) is 7.29. The van der Waals surface area contributed by atoms with Crippen LogP contribution in [0.15, 0.2) is 18.2 Å². The van der Waals surface area contributed by atoms with Crippen LogP contribution < -0.4 is 4.31 Å². The number of amides is 1. The Hall–Kier alpha value is -2.09. The minimum absolute atomic E-state index is 0.0581. The van der Waals surface area contributed by atoms with Crippen molar-refractivity contribution >= 4 is 27.6 Å². The highest BCUT2D eigenvalue weighted by molar-refractivity contribution is 7.92. The Morgan fingerprint density at radius 1 is 1.14 bits per heavy atom. The molecule has 28 heavy (non-hydrogen) atoms. The second-order valence-corrected chi connectivity index (χ2v) is 9.42. The van der Waals surface area contributed by atoms with E-state index in [1.807, 2.05) is 6.07 Å². The maximum Gasteiger partial charge on any atom is 0.309 e. The van der Waals surface area contributed by atoms with Gasteiger partial charge in [-0.05, 0) is 63.3 Å². The monoisotopic (exact) mass is 408 g/mol. The molecule has 0 atom stereocenters. The number of hydrogen-bond acceptors (Lipinski definition) is 5. The molecule has 1 aromatic carbocycles. The molecule has 2 aliphatic heterocycles. The van der Waals surface area contributed by atoms with Crippen molar-refractivity contribution in [3.63, 3.8) is 0 Å². The quantitative estimate of drug-likeness (QED) is 0.698. The summed E-state index contributed by atoms with van der Waals surface area (Å²) in [6.45, 7) is 5.34. The number of likely N-dealkylation sites (tertiary alicyclic amines) is 1. The lowest BCUT2D eigenvalue weighted by Gasteiger charge is -2.32. The lowest BCUT2D eigenvalue weighted by Crippen LogP contribution is -2.41. The minimum atomic E-state index is -3.31. The number of benzene rings is 1. The number of carbonyl (C=O) groups excluding carboxylic acids is 2. The maximum atomic E-state index is 12.9. The van der Waals surface area contributed by atoms with Crippen molar-refractivity contribution in [2.45, 2.75) is 39.5 Å². The van der Waals surface area contributed by atoms with Crippen molar-refractivity contribution in [2.75, 3.05) is 36.3 Å². The van der Waals surface area contributed by atoms with Crippen LogP contribution in [0.4, 0.5) is 5.69 Å². The first-order chi connectivity index (χ1) is 13.4. The first kappa shape index (κ1) is 20.6. The van der Waals surface area contributed by atoms with E-state index in [1.165, 1.54) is 4.31 Å². The van der Waals surface area contributed by atoms with Crippen LogP contribution in [-0.2, 0) is 26.0 Å². The number of sulfonamides is 1. The summed E-state index contributed by atoms with van der Waals surface area (Å²) in [6, 6.07) is 5.29. The molecule has 8 heteroatoms. The number of piperidine rings is 1. The van der Waals surface area contributed by atoms with Gasteiger partial charge in [0.15, 0.2) is 0 Å². The first-order valence-electron chi connectivity index (χ1n) is 9.96. The predicted octanol–water partition coefficient (Wildman–Crippen LogP) is 2.20. The smallest absolute Gasteiger partial charge is 0.309 e. The van der Waals surface area contributed by atoms with Crippen LogP contribution in [0, 0.1) is 5.92 Å². The molecule has 0 radical (unpaired) electrons. The summed E-state index contributed by atoms with van der Waals surface area (Å²) in [7, 11) is -3.31. The van der Waals surface area contributed by atoms with Crippen molar-refractivity contribution < 1.29 is 22.7 Å². The Bertz CT molecular complexity index is 844. The fourth-order valence-electron chi connectivity index (χ4n) is 3.90. The van der Waals surface area contributed by atoms with Crippen LogP contribution >= 0.6 is 0 Å². The topological polar surface area (TPSA) is 84.0 Å². The van der Waals surface area contributed by atoms with E-state index in [4.69, 9.17) is 4.74 Å². The Kier molecular flexibility index (Phi) is 6.27. The molecule has 0 N–H and O–H groups in total. The first-order valence-corrected chi connectivity index (χ1v) is 11.6. The van der Waals surface area contributed by atoms with Crippen LogP contribution in [0.5, 0.6) is 0 Å². The number of nitrogens with zero attached hydrogens (tertiary/aromatic N) is 2. The summed E-state index contributed by atoms with van der Waals surface area (Å²) in [6.07, 6.45) is 2.72. The van der Waals surface area contributed by atoms with E-state index in [0.29, 0.717) is 50.3 Å². The van der Waals surface area contributed by atoms with Gasteiger partial charge in [0.1, 0.15) is 0 Å². The van der Waals surface area contributed by atoms with Crippen LogP contribution in [0.3, 0.4) is 0 Å². The van der Waals surface area contributed by atoms with E-state index in [1.54, 1.807) is 30.9 Å². The summed E-state index contributed by atoms with van der Waals surface area (Å²) in [5, 5.41) is 0. The van der Waals surface area contributed by atoms with E-state index in [0.717, 1.165) is 18.4 Å². The number of fused-ring (bicyclic) bond motifs is 1. The fraction of sp³-hybridized carbons (Fsp3) is 0.600. The normalized spacial score (nSPS) is 17.9. The molecular weight excluding hydrogens is 380 g/mol. The van der Waals surface area contributed by atoms with Crippen LogP contribution in [0.2, 0.25) is 0 Å². The highest BCUT2D eigenvalue weighted by Crippen LogP contribution is 2.31. The summed E-state index contributed by atoms with van der Waals surface area (Å²) < 4.78 is 31.2. The summed E-state index contributed by atoms with van der Waals surface area (Å²) in [4.78, 5) is 26.5. The molecule has 0 spiro atoms. The molecule has 1 fully saturated rings. The third kappa shape index (κ3) is 4.16. The highest BCUT2D eigenvalue weighted by Gasteiger charge is 2.30. The predicted molar refractivity (Wildman–Crippen MR) is 107 cm³/mol. The summed E-state index contributed by atoms with van der Waals surface area (Å²) in [5.41, 5.74) is 2.16. The standard InChI is InChI=1S/C20H28N2O5S/c1-3-27-20(24)15-9-12-21(13-10-15)19(23)17-7-8-18-16(14-17)6-5-11-22(18)28(25,26)4-2/h7-8,14-15H,3-6,9-13H2,1-2H3. The molecule has 1 saturated heterocycles. The number of hydrogen-bond donors (Lipinski definition) is 0. The number of ether oxygens (including phenoxy) is 1. The van der Waals surface area contributed by atoms with E-state index in [-0.39, 0.29) is 23.5 Å². The largest absolute Gasteiger partial charge is 0.466 e. The van der Waals surface area contributed by atoms with Gasteiger partial charge >= 0.3 is 5.97 Å². The van der Waals surface area contributed by atoms with Gasteiger partial charge in [-0.25, -0.2) is 8.42 Å². The van der Waals surface area contributed by atoms with Crippen LogP contribution in [0.1, 0.15) is 49.0 Å². The number of rotatable bonds is 5. The molecule has 2 aliphatic rings. The zero-order valence-electron chi connectivity index (χ0n) is 16.5. The van der Waals surface area contributed by atoms with E-state index in [2.05, 4.69) is 0 Å². The van der Waals surface area contributed by atoms with E-state index >= 15 is 0 Å². The number of esters is 1. The van der Waals surface area contributed by atoms with Gasteiger partial charge in [0.05, 0.1) is 24.0 Å². The fourth-order valence-corrected chi connectivity index (χ4v) is 5.10. The second kappa shape index (κ2) is 8.51. The van der Waals surface area contributed by atoms with Gasteiger partial charge in [-0.3, -0.25) is 13.9 Å². The van der Waals surface area contributed by atoms with Crippen LogP contribution in [-0.4, -0.2) is 57.2 Å². The number of anilines is 1. The van der Waals surface area contributed by atoms with Gasteiger partial charge in [0.2, 0.25) is 10.0 Å². The van der Waals surface area contributed by atoms with Gasteiger partial charge in [-0.2, -0.15) is 0 Å². The Morgan fingerprint density at radius 3 is 2.50 bits per heavy atom. The lowest BCUT2D eigenvalue weighted by molar-refractivity contribution is -0.149. The molecule has 0 aromatic heterocycles. The van der Waals surface area contributed by atoms with Crippen molar-refractivity contribution in [1.82, 2.24) is 4.90 Å². The molecule has 3 rings (SSSR count). The molecule has 0 bridgehead atoms. The molecule has 1 amide bonds. The number of aryl methyl sites for hydroxylation is 1. The van der Waals surface area contributed by atoms with Gasteiger partial charge in [0, 0.05) is 25.2 Å². The third-order valence-electron chi connectivity index (χ3n) is 5.51. The Labute approximate surface area is 166 Å². The number of carbonyl (C=O) groups is 2. The van der Waals surface area contributed by atoms with Gasteiger partial charge < -0.3 is 9.64 Å². The van der Waals surface area contributed by atoms with Gasteiger partial charge in [-0.15, -0.1) is 0 Å². The molecule has 154 valence electrons. The maximum absolute atomic E-state index is 12.9. The average Bonchev–Trinajstić information content (AvgIpc) is 2.72. The zero-order chi connectivity index (χ0) is 20.3. The van der Waals surface area contributed by atoms with Crippen molar-refractivity contribution in [3.05, 3.63) is 29.3 Å². The molecule has 7 nitrogen and oxygen atoms in total. The Balaban J connectivity index is 1.72. The molecule has 0 aliphatic carbocycles. The second-order valence-electron chi connectivity index (χ2n) is 7.24. The van der Waals surface area contributed by atoms with Crippen molar-refractivity contribution in [2.24, 2.45) is 5.92 Å². The molecule has 1 aromatic rings. The van der Waals surface area contributed by atoms with Crippen molar-refractivity contribution in [1.29, 1.82) is 0 Å². The molecule has 0 saturated carbocycles. The summed E-state index contributed by atoms with van der Waals surface area (Å²) in [5.74, 6) is -0.329. The lowest BCUT2D eigenvalue weighted by atomic mass is 9.95. The minimum Gasteiger partial charge on any atom is -0.466 e. The Morgan fingerprint density at radius 2 is 1.86 bits per heavy atom. The van der Waals surface area contributed by atoms with E-state index < -0.39 is 10.0 Å². The highest BCUT2D eigenvalue weighted by atomic mass is 32.2. The molecular formula is C20H28N2O5S. The van der Waals surface area contributed by atoms with Crippen molar-refractivity contribution in [3.8, 4) is 0 Å². The summed E-state index contributed by atoms with van der Waals surface area (Å²) >= 11 is 0. The molecule has 2 heterocycles. The SMILES string of the molecule is CCOC(=O)C1CCN(C(=O)c2ccc3c(c2)CCCN3S(=O)(=O)CC)CC1. The zero-order valence-corrected chi connectivity index (χ0v) is 17.3. The van der Waals surface area contributed by atoms with Gasteiger partial charge in [0.25, 0.3) is 5.91 Å².